The first-order valence-electron chi connectivity index (χ1n) is 7.34. The van der Waals surface area contributed by atoms with Gasteiger partial charge in [0, 0.05) is 17.8 Å². The highest BCUT2D eigenvalue weighted by Crippen LogP contribution is 2.13. The first-order chi connectivity index (χ1) is 12.0. The molecule has 0 amide bonds. The highest BCUT2D eigenvalue weighted by atomic mass is 16.3. The Hall–Kier alpha value is -3.62. The van der Waals surface area contributed by atoms with Gasteiger partial charge < -0.3 is 5.11 Å². The van der Waals surface area contributed by atoms with Crippen LogP contribution in [-0.4, -0.2) is 47.1 Å². The molecule has 1 aromatic carbocycles. The zero-order valence-electron chi connectivity index (χ0n) is 13.2. The van der Waals surface area contributed by atoms with Crippen LogP contribution in [0, 0.1) is 0 Å². The van der Waals surface area contributed by atoms with Crippen molar-refractivity contribution in [3.8, 4) is 0 Å². The average molecular weight is 338 g/mol. The van der Waals surface area contributed by atoms with E-state index in [1.54, 1.807) is 23.0 Å². The molecule has 0 radical (unpaired) electrons. The molecule has 9 nitrogen and oxygen atoms in total. The topological polar surface area (TPSA) is 127 Å². The molecule has 25 heavy (non-hydrogen) atoms. The molecule has 0 aliphatic heterocycles. The average Bonchev–Trinajstić information content (AvgIpc) is 3.27. The molecule has 3 aromatic rings. The Morgan fingerprint density at radius 3 is 2.64 bits per heavy atom. The Morgan fingerprint density at radius 1 is 1.24 bits per heavy atom. The second-order valence-electron chi connectivity index (χ2n) is 5.31. The molecule has 2 N–H and O–H groups in total. The van der Waals surface area contributed by atoms with Crippen molar-refractivity contribution < 1.29 is 14.7 Å². The molecule has 0 saturated carbocycles. The highest BCUT2D eigenvalue weighted by molar-refractivity contribution is 6.05. The lowest BCUT2D eigenvalue weighted by Gasteiger charge is -2.03. The van der Waals surface area contributed by atoms with Crippen molar-refractivity contribution in [2.75, 3.05) is 0 Å². The lowest BCUT2D eigenvalue weighted by atomic mass is 10.1. The maximum absolute atomic E-state index is 11.8. The third-order valence-corrected chi connectivity index (χ3v) is 3.47. The monoisotopic (exact) mass is 338 g/mol. The Morgan fingerprint density at radius 2 is 2.00 bits per heavy atom. The maximum atomic E-state index is 11.8. The molecule has 126 valence electrons. The van der Waals surface area contributed by atoms with Crippen LogP contribution < -0.4 is 0 Å². The molecule has 0 saturated heterocycles. The zero-order valence-corrected chi connectivity index (χ0v) is 13.2. The van der Waals surface area contributed by atoms with E-state index in [1.807, 2.05) is 12.1 Å². The van der Waals surface area contributed by atoms with E-state index in [-0.39, 0.29) is 17.4 Å². The van der Waals surface area contributed by atoms with E-state index in [2.05, 4.69) is 25.7 Å². The summed E-state index contributed by atoms with van der Waals surface area (Å²) in [6.45, 7) is 1.98. The van der Waals surface area contributed by atoms with Crippen LogP contribution >= 0.6 is 0 Å². The molecule has 0 unspecified atom stereocenters. The lowest BCUT2D eigenvalue weighted by molar-refractivity contribution is 0.101. The second kappa shape index (κ2) is 6.87. The van der Waals surface area contributed by atoms with Gasteiger partial charge >= 0.3 is 0 Å². The van der Waals surface area contributed by atoms with Gasteiger partial charge in [-0.25, -0.2) is 0 Å². The molecule has 3 rings (SSSR count). The van der Waals surface area contributed by atoms with Crippen LogP contribution in [0.2, 0.25) is 0 Å². The molecule has 9 heteroatoms. The van der Waals surface area contributed by atoms with Crippen LogP contribution in [0.5, 0.6) is 0 Å². The minimum atomic E-state index is -0.571. The minimum absolute atomic E-state index is 0.00857. The summed E-state index contributed by atoms with van der Waals surface area (Å²) in [4.78, 5) is 23.1. The number of nitrogens with one attached hydrogen (secondary N) is 1. The fourth-order valence-corrected chi connectivity index (χ4v) is 2.15. The Bertz CT molecular complexity index is 925. The Balaban J connectivity index is 1.71. The number of H-pyrrole nitrogens is 1. The highest BCUT2D eigenvalue weighted by Gasteiger charge is 2.11. The number of aromatic amines is 1. The molecule has 0 aliphatic rings. The summed E-state index contributed by atoms with van der Waals surface area (Å²) in [5.41, 5.74) is 1.98. The Labute approximate surface area is 142 Å². The number of tetrazole rings is 1. The molecule has 0 fully saturated rings. The van der Waals surface area contributed by atoms with Crippen LogP contribution in [0.25, 0.3) is 5.76 Å². The molecule has 0 bridgehead atoms. The Kier molecular flexibility index (Phi) is 4.46. The lowest BCUT2D eigenvalue weighted by Crippen LogP contribution is -2.01. The summed E-state index contributed by atoms with van der Waals surface area (Å²) in [6.07, 6.45) is 4.06. The van der Waals surface area contributed by atoms with E-state index in [1.165, 1.54) is 13.1 Å². The summed E-state index contributed by atoms with van der Waals surface area (Å²) in [6, 6.07) is 7.19. The van der Waals surface area contributed by atoms with Crippen LogP contribution in [0.1, 0.15) is 39.0 Å². The van der Waals surface area contributed by atoms with E-state index in [0.29, 0.717) is 17.7 Å². The number of hydrogen-bond donors (Lipinski definition) is 2. The van der Waals surface area contributed by atoms with Gasteiger partial charge in [-0.2, -0.15) is 10.3 Å². The van der Waals surface area contributed by atoms with Crippen molar-refractivity contribution in [1.29, 1.82) is 0 Å². The van der Waals surface area contributed by atoms with Crippen LogP contribution in [0.15, 0.2) is 42.7 Å². The van der Waals surface area contributed by atoms with E-state index >= 15 is 0 Å². The zero-order chi connectivity index (χ0) is 17.8. The first kappa shape index (κ1) is 16.2. The van der Waals surface area contributed by atoms with Gasteiger partial charge in [0.15, 0.2) is 5.78 Å². The number of allylic oxidation sites excluding steroid dienone is 1. The summed E-state index contributed by atoms with van der Waals surface area (Å²) in [5, 5.41) is 26.7. The number of rotatable bonds is 6. The van der Waals surface area contributed by atoms with Crippen LogP contribution in [0.4, 0.5) is 0 Å². The minimum Gasteiger partial charge on any atom is -0.507 e. The fourth-order valence-electron chi connectivity index (χ4n) is 2.15. The third kappa shape index (κ3) is 3.83. The molecule has 2 aromatic heterocycles. The SMILES string of the molecule is CC(=O)c1ccc(Cn2cc(C(O)=CC(=O)c3nn[nH]n3)cn2)cc1. The molecule has 0 atom stereocenters. The molecule has 0 spiro atoms. The molecular weight excluding hydrogens is 324 g/mol. The molecule has 0 aliphatic carbocycles. The number of aliphatic hydroxyl groups is 1. The van der Waals surface area contributed by atoms with Gasteiger partial charge in [-0.3, -0.25) is 14.3 Å². The number of nitrogens with zero attached hydrogens (tertiary/aromatic N) is 5. The summed E-state index contributed by atoms with van der Waals surface area (Å²) >= 11 is 0. The van der Waals surface area contributed by atoms with Crippen molar-refractivity contribution in [1.82, 2.24) is 30.4 Å². The van der Waals surface area contributed by atoms with Crippen molar-refractivity contribution in [3.63, 3.8) is 0 Å². The quantitative estimate of drug-likeness (QED) is 0.395. The predicted molar refractivity (Wildman–Crippen MR) is 86.9 cm³/mol. The number of ketones is 2. The number of carbonyl (C=O) groups excluding carboxylic acids is 2. The van der Waals surface area contributed by atoms with Crippen LogP contribution in [-0.2, 0) is 6.54 Å². The number of hydrogen-bond acceptors (Lipinski definition) is 7. The van der Waals surface area contributed by atoms with E-state index in [4.69, 9.17) is 0 Å². The van der Waals surface area contributed by atoms with E-state index in [9.17, 15) is 14.7 Å². The first-order valence-corrected chi connectivity index (χ1v) is 7.34. The van der Waals surface area contributed by atoms with Crippen LogP contribution in [0.3, 0.4) is 0 Å². The fraction of sp³-hybridized carbons (Fsp3) is 0.125. The number of Topliss-reactive ketones (excluding diaryl/α,β-unsaturated/α-hetero) is 1. The van der Waals surface area contributed by atoms with Gasteiger partial charge in [-0.15, -0.1) is 10.2 Å². The van der Waals surface area contributed by atoms with Gasteiger partial charge in [-0.05, 0) is 17.7 Å². The van der Waals surface area contributed by atoms with Gasteiger partial charge in [0.25, 0.3) is 0 Å². The molecule has 2 heterocycles. The smallest absolute Gasteiger partial charge is 0.244 e. The van der Waals surface area contributed by atoms with Gasteiger partial charge in [0.05, 0.1) is 18.3 Å². The number of aliphatic hydroxyl groups excluding tert-OH is 1. The van der Waals surface area contributed by atoms with Gasteiger partial charge in [-0.1, -0.05) is 24.3 Å². The summed E-state index contributed by atoms with van der Waals surface area (Å²) in [7, 11) is 0. The van der Waals surface area contributed by atoms with E-state index in [0.717, 1.165) is 11.6 Å². The predicted octanol–water partition coefficient (Wildman–Crippen LogP) is 1.43. The summed E-state index contributed by atoms with van der Waals surface area (Å²) < 4.78 is 1.61. The standard InChI is InChI=1S/C16H14N6O3/c1-10(23)12-4-2-11(3-5-12)8-22-9-13(7-17-22)14(24)6-15(25)16-18-20-21-19-16/h2-7,9,24H,8H2,1H3,(H,18,19,20,21). The normalized spacial score (nSPS) is 11.5. The number of aromatic nitrogens is 6. The van der Waals surface area contributed by atoms with Crippen molar-refractivity contribution in [2.24, 2.45) is 0 Å². The van der Waals surface area contributed by atoms with Gasteiger partial charge in [0.2, 0.25) is 11.6 Å². The van der Waals surface area contributed by atoms with Crippen molar-refractivity contribution >= 4 is 17.3 Å². The van der Waals surface area contributed by atoms with E-state index < -0.39 is 5.78 Å². The summed E-state index contributed by atoms with van der Waals surface area (Å²) in [5.74, 6) is -0.939. The molecular formula is C16H14N6O3. The number of carbonyl (C=O) groups is 2. The maximum Gasteiger partial charge on any atom is 0.244 e. The third-order valence-electron chi connectivity index (χ3n) is 3.47. The van der Waals surface area contributed by atoms with Gasteiger partial charge in [0.1, 0.15) is 5.76 Å². The van der Waals surface area contributed by atoms with Crippen molar-refractivity contribution in [2.45, 2.75) is 13.5 Å². The van der Waals surface area contributed by atoms with Crippen molar-refractivity contribution in [3.05, 3.63) is 65.2 Å². The second-order valence-corrected chi connectivity index (χ2v) is 5.31. The number of benzene rings is 1. The largest absolute Gasteiger partial charge is 0.507 e.